The Labute approximate surface area is 184 Å². The molecule has 1 aromatic heterocycles. The van der Waals surface area contributed by atoms with Crippen LogP contribution in [0.2, 0.25) is 0 Å². The van der Waals surface area contributed by atoms with Crippen molar-refractivity contribution in [3.8, 4) is 5.75 Å². The molecule has 158 valence electrons. The quantitative estimate of drug-likeness (QED) is 0.281. The van der Waals surface area contributed by atoms with E-state index >= 15 is 0 Å². The zero-order valence-corrected chi connectivity index (χ0v) is 18.5. The number of hydrogen-bond acceptors (Lipinski definition) is 4. The Kier molecular flexibility index (Phi) is 8.17. The summed E-state index contributed by atoms with van der Waals surface area (Å²) in [5, 5.41) is 7.21. The monoisotopic (exact) mass is 520 g/mol. The number of amides is 1. The molecule has 2 heterocycles. The highest BCUT2D eigenvalue weighted by atomic mass is 127. The minimum absolute atomic E-state index is 0. The molecule has 1 fully saturated rings. The molecule has 1 aliphatic heterocycles. The molecule has 0 aliphatic carbocycles. The normalized spacial score (nSPS) is 14.6. The van der Waals surface area contributed by atoms with Gasteiger partial charge < -0.3 is 19.9 Å². The summed E-state index contributed by atoms with van der Waals surface area (Å²) in [7, 11) is 3.44. The largest absolute Gasteiger partial charge is 0.492 e. The van der Waals surface area contributed by atoms with Gasteiger partial charge in [0, 0.05) is 39.4 Å². The van der Waals surface area contributed by atoms with Crippen LogP contribution in [0, 0.1) is 11.6 Å². The lowest BCUT2D eigenvalue weighted by atomic mass is 10.3. The molecule has 2 aromatic rings. The molecule has 11 heteroatoms. The van der Waals surface area contributed by atoms with Crippen molar-refractivity contribution in [1.29, 1.82) is 0 Å². The Bertz CT molecular complexity index is 876. The maximum atomic E-state index is 13.2. The molecule has 1 aromatic carbocycles. The van der Waals surface area contributed by atoms with Gasteiger partial charge in [-0.2, -0.15) is 5.10 Å². The van der Waals surface area contributed by atoms with Gasteiger partial charge in [-0.1, -0.05) is 0 Å². The van der Waals surface area contributed by atoms with Crippen molar-refractivity contribution in [3.63, 3.8) is 0 Å². The lowest BCUT2D eigenvalue weighted by Crippen LogP contribution is -2.55. The van der Waals surface area contributed by atoms with Crippen LogP contribution < -0.4 is 15.0 Å². The van der Waals surface area contributed by atoms with Crippen LogP contribution in [-0.4, -0.2) is 66.4 Å². The number of benzene rings is 1. The number of aliphatic imine (C=N–C) groups is 1. The highest BCUT2D eigenvalue weighted by Gasteiger charge is 2.27. The number of piperazine rings is 1. The van der Waals surface area contributed by atoms with Crippen molar-refractivity contribution in [3.05, 3.63) is 42.2 Å². The summed E-state index contributed by atoms with van der Waals surface area (Å²) in [4.78, 5) is 20.2. The minimum atomic E-state index is -0.953. The molecular weight excluding hydrogens is 497 g/mol. The van der Waals surface area contributed by atoms with Crippen LogP contribution >= 0.6 is 24.0 Å². The van der Waals surface area contributed by atoms with Crippen LogP contribution in [0.5, 0.6) is 5.75 Å². The fourth-order valence-corrected chi connectivity index (χ4v) is 2.91. The summed E-state index contributed by atoms with van der Waals surface area (Å²) in [5.74, 6) is -1.09. The standard InChI is InChI=1S/C18H22F2N6O2.HI/c1-21-18(22-5-8-28-14-3-4-15(19)16(20)9-14)25-6-7-26(17(27)12-25)13-10-23-24(2)11-13;/h3-4,9-11H,5-8,12H2,1-2H3,(H,21,22);1H. The number of rotatable bonds is 5. The second-order valence-electron chi connectivity index (χ2n) is 6.24. The number of aryl methyl sites for hydroxylation is 1. The molecule has 0 unspecified atom stereocenters. The molecule has 0 atom stereocenters. The van der Waals surface area contributed by atoms with Gasteiger partial charge in [0.05, 0.1) is 18.4 Å². The van der Waals surface area contributed by atoms with Crippen molar-refractivity contribution in [1.82, 2.24) is 20.0 Å². The van der Waals surface area contributed by atoms with E-state index < -0.39 is 11.6 Å². The summed E-state index contributed by atoms with van der Waals surface area (Å²) in [6.07, 6.45) is 3.46. The average molecular weight is 520 g/mol. The first kappa shape index (κ1) is 22.8. The van der Waals surface area contributed by atoms with Crippen LogP contribution in [-0.2, 0) is 11.8 Å². The lowest BCUT2D eigenvalue weighted by molar-refractivity contribution is -0.120. The second kappa shape index (κ2) is 10.4. The van der Waals surface area contributed by atoms with Gasteiger partial charge >= 0.3 is 0 Å². The molecule has 0 bridgehead atoms. The molecule has 0 radical (unpaired) electrons. The number of aromatic nitrogens is 2. The van der Waals surface area contributed by atoms with Gasteiger partial charge in [-0.3, -0.25) is 14.5 Å². The Morgan fingerprint density at radius 2 is 2.10 bits per heavy atom. The summed E-state index contributed by atoms with van der Waals surface area (Å²) in [6.45, 7) is 1.95. The average Bonchev–Trinajstić information content (AvgIpc) is 3.10. The zero-order valence-electron chi connectivity index (χ0n) is 16.1. The lowest BCUT2D eigenvalue weighted by Gasteiger charge is -2.35. The number of nitrogens with one attached hydrogen (secondary N) is 1. The number of ether oxygens (including phenoxy) is 1. The van der Waals surface area contributed by atoms with Crippen LogP contribution in [0.15, 0.2) is 35.6 Å². The van der Waals surface area contributed by atoms with E-state index in [1.54, 1.807) is 36.1 Å². The topological polar surface area (TPSA) is 75.0 Å². The second-order valence-corrected chi connectivity index (χ2v) is 6.24. The molecule has 1 aliphatic rings. The van der Waals surface area contributed by atoms with E-state index in [0.29, 0.717) is 25.6 Å². The molecule has 0 saturated carbocycles. The maximum absolute atomic E-state index is 13.2. The Morgan fingerprint density at radius 3 is 2.72 bits per heavy atom. The Balaban J connectivity index is 0.00000300. The van der Waals surface area contributed by atoms with Gasteiger partial charge in [-0.25, -0.2) is 8.78 Å². The summed E-state index contributed by atoms with van der Waals surface area (Å²) >= 11 is 0. The van der Waals surface area contributed by atoms with Gasteiger partial charge in [0.15, 0.2) is 17.6 Å². The van der Waals surface area contributed by atoms with Gasteiger partial charge in [0.2, 0.25) is 5.91 Å². The van der Waals surface area contributed by atoms with Gasteiger partial charge in [-0.05, 0) is 12.1 Å². The highest BCUT2D eigenvalue weighted by Crippen LogP contribution is 2.16. The third-order valence-electron chi connectivity index (χ3n) is 4.28. The van der Waals surface area contributed by atoms with E-state index in [1.165, 1.54) is 6.07 Å². The van der Waals surface area contributed by atoms with Crippen molar-refractivity contribution in [2.75, 3.05) is 44.7 Å². The maximum Gasteiger partial charge on any atom is 0.246 e. The predicted octanol–water partition coefficient (Wildman–Crippen LogP) is 1.62. The number of nitrogens with zero attached hydrogens (tertiary/aromatic N) is 5. The zero-order chi connectivity index (χ0) is 20.1. The number of carbonyl (C=O) groups is 1. The van der Waals surface area contributed by atoms with E-state index in [1.807, 2.05) is 4.90 Å². The fourth-order valence-electron chi connectivity index (χ4n) is 2.91. The summed E-state index contributed by atoms with van der Waals surface area (Å²) in [5.41, 5.74) is 0.773. The summed E-state index contributed by atoms with van der Waals surface area (Å²) in [6, 6.07) is 3.38. The smallest absolute Gasteiger partial charge is 0.246 e. The number of carbonyl (C=O) groups excluding carboxylic acids is 1. The van der Waals surface area contributed by atoms with E-state index in [-0.39, 0.29) is 48.8 Å². The van der Waals surface area contributed by atoms with E-state index in [2.05, 4.69) is 15.4 Å². The Morgan fingerprint density at radius 1 is 1.31 bits per heavy atom. The Hall–Kier alpha value is -2.44. The van der Waals surface area contributed by atoms with Crippen LogP contribution in [0.4, 0.5) is 14.5 Å². The third-order valence-corrected chi connectivity index (χ3v) is 4.28. The minimum Gasteiger partial charge on any atom is -0.492 e. The van der Waals surface area contributed by atoms with Crippen LogP contribution in [0.1, 0.15) is 0 Å². The fraction of sp³-hybridized carbons (Fsp3) is 0.389. The molecular formula is C18H23F2IN6O2. The molecule has 3 rings (SSSR count). The number of hydrogen-bond donors (Lipinski definition) is 1. The first-order valence-electron chi connectivity index (χ1n) is 8.80. The summed E-state index contributed by atoms with van der Waals surface area (Å²) < 4.78 is 33.1. The van der Waals surface area contributed by atoms with E-state index in [0.717, 1.165) is 17.8 Å². The number of anilines is 1. The van der Waals surface area contributed by atoms with Crippen molar-refractivity contribution < 1.29 is 18.3 Å². The van der Waals surface area contributed by atoms with E-state index in [4.69, 9.17) is 4.74 Å². The first-order chi connectivity index (χ1) is 13.5. The van der Waals surface area contributed by atoms with E-state index in [9.17, 15) is 13.6 Å². The van der Waals surface area contributed by atoms with Crippen molar-refractivity contribution >= 4 is 41.5 Å². The number of halogens is 3. The van der Waals surface area contributed by atoms with Crippen molar-refractivity contribution in [2.24, 2.45) is 12.0 Å². The van der Waals surface area contributed by atoms with Gasteiger partial charge in [-0.15, -0.1) is 24.0 Å². The highest BCUT2D eigenvalue weighted by molar-refractivity contribution is 14.0. The molecule has 8 nitrogen and oxygen atoms in total. The van der Waals surface area contributed by atoms with Gasteiger partial charge in [0.25, 0.3) is 0 Å². The predicted molar refractivity (Wildman–Crippen MR) is 116 cm³/mol. The SMILES string of the molecule is CN=C(NCCOc1ccc(F)c(F)c1)N1CCN(c2cnn(C)c2)C(=O)C1.I. The third kappa shape index (κ3) is 5.78. The molecule has 1 amide bonds. The molecule has 0 spiro atoms. The first-order valence-corrected chi connectivity index (χ1v) is 8.80. The van der Waals surface area contributed by atoms with Crippen molar-refractivity contribution in [2.45, 2.75) is 0 Å². The van der Waals surface area contributed by atoms with Gasteiger partial charge in [0.1, 0.15) is 18.9 Å². The number of guanidine groups is 1. The molecule has 1 saturated heterocycles. The van der Waals surface area contributed by atoms with Crippen LogP contribution in [0.3, 0.4) is 0 Å². The molecule has 1 N–H and O–H groups in total. The van der Waals surface area contributed by atoms with Crippen LogP contribution in [0.25, 0.3) is 0 Å². The molecule has 29 heavy (non-hydrogen) atoms.